The molecule has 134 valence electrons. The van der Waals surface area contributed by atoms with Crippen LogP contribution in [0.25, 0.3) is 20.8 Å². The largest absolute Gasteiger partial charge is 0.275 e. The molecule has 0 aliphatic heterocycles. The lowest BCUT2D eigenvalue weighted by Gasteiger charge is -2.02. The van der Waals surface area contributed by atoms with Crippen LogP contribution >= 0.6 is 46.3 Å². The number of halogens is 2. The van der Waals surface area contributed by atoms with Crippen molar-refractivity contribution >= 4 is 67.1 Å². The molecule has 6 nitrogen and oxygen atoms in total. The van der Waals surface area contributed by atoms with Gasteiger partial charge in [-0.05, 0) is 18.2 Å². The van der Waals surface area contributed by atoms with Gasteiger partial charge in [-0.1, -0.05) is 58.4 Å². The Kier molecular flexibility index (Phi) is 4.08. The third-order valence-corrected chi connectivity index (χ3v) is 6.48. The van der Waals surface area contributed by atoms with E-state index in [0.717, 1.165) is 10.2 Å². The Labute approximate surface area is 170 Å². The summed E-state index contributed by atoms with van der Waals surface area (Å²) in [5.74, 6) is 0.477. The van der Waals surface area contributed by atoms with Gasteiger partial charge in [-0.3, -0.25) is 13.6 Å². The maximum atomic E-state index is 12.6. The second-order valence-corrected chi connectivity index (χ2v) is 8.54. The summed E-state index contributed by atoms with van der Waals surface area (Å²) in [6.45, 7) is 0. The van der Waals surface area contributed by atoms with Gasteiger partial charge in [0.25, 0.3) is 5.56 Å². The Morgan fingerprint density at radius 2 is 2.00 bits per heavy atom. The number of benzene rings is 1. The highest BCUT2D eigenvalue weighted by Gasteiger charge is 2.13. The molecule has 0 fully saturated rings. The SMILES string of the molecule is O=c1cc(CSc2nnc3c(Cl)cc(Cl)cn23)nc2sc3ccccc3n12. The van der Waals surface area contributed by atoms with Gasteiger partial charge in [-0.25, -0.2) is 4.98 Å². The number of pyridine rings is 1. The summed E-state index contributed by atoms with van der Waals surface area (Å²) in [7, 11) is 0. The molecule has 5 rings (SSSR count). The molecule has 0 saturated carbocycles. The maximum Gasteiger partial charge on any atom is 0.259 e. The van der Waals surface area contributed by atoms with Gasteiger partial charge in [0, 0.05) is 18.0 Å². The average Bonchev–Trinajstić information content (AvgIpc) is 3.21. The fraction of sp³-hybridized carbons (Fsp3) is 0.0588. The van der Waals surface area contributed by atoms with E-state index in [9.17, 15) is 4.79 Å². The molecule has 0 spiro atoms. The molecule has 4 aromatic heterocycles. The van der Waals surface area contributed by atoms with Crippen molar-refractivity contribution in [3.63, 3.8) is 0 Å². The van der Waals surface area contributed by atoms with Gasteiger partial charge in [-0.15, -0.1) is 10.2 Å². The molecule has 5 aromatic rings. The summed E-state index contributed by atoms with van der Waals surface area (Å²) in [4.78, 5) is 17.9. The highest BCUT2D eigenvalue weighted by Crippen LogP contribution is 2.28. The molecule has 27 heavy (non-hydrogen) atoms. The Bertz CT molecular complexity index is 1390. The zero-order chi connectivity index (χ0) is 18.5. The van der Waals surface area contributed by atoms with Crippen molar-refractivity contribution in [2.24, 2.45) is 0 Å². The lowest BCUT2D eigenvalue weighted by molar-refractivity contribution is 0.919. The molecule has 0 aliphatic rings. The van der Waals surface area contributed by atoms with Crippen LogP contribution in [0.15, 0.2) is 52.5 Å². The van der Waals surface area contributed by atoms with Gasteiger partial charge in [0.15, 0.2) is 15.8 Å². The Balaban J connectivity index is 1.52. The third-order valence-electron chi connectivity index (χ3n) is 3.99. The van der Waals surface area contributed by atoms with Gasteiger partial charge in [0.05, 0.1) is 26.0 Å². The second kappa shape index (κ2) is 6.49. The van der Waals surface area contributed by atoms with Crippen LogP contribution in [0, 0.1) is 0 Å². The molecule has 4 heterocycles. The lowest BCUT2D eigenvalue weighted by Crippen LogP contribution is -2.13. The highest BCUT2D eigenvalue weighted by molar-refractivity contribution is 7.98. The summed E-state index contributed by atoms with van der Waals surface area (Å²) < 4.78 is 4.40. The Hall–Kier alpha value is -2.13. The van der Waals surface area contributed by atoms with Crippen molar-refractivity contribution in [3.05, 3.63) is 68.7 Å². The van der Waals surface area contributed by atoms with Crippen LogP contribution < -0.4 is 5.56 Å². The first-order valence-corrected chi connectivity index (χ1v) is 10.4. The van der Waals surface area contributed by atoms with Crippen molar-refractivity contribution in [2.45, 2.75) is 10.9 Å². The van der Waals surface area contributed by atoms with Crippen molar-refractivity contribution < 1.29 is 0 Å². The van der Waals surface area contributed by atoms with E-state index in [4.69, 9.17) is 23.2 Å². The van der Waals surface area contributed by atoms with Crippen LogP contribution in [0.1, 0.15) is 5.69 Å². The first-order valence-electron chi connectivity index (χ1n) is 7.83. The minimum absolute atomic E-state index is 0.0924. The van der Waals surface area contributed by atoms with Gasteiger partial charge in [-0.2, -0.15) is 0 Å². The molecule has 0 amide bonds. The molecule has 0 radical (unpaired) electrons. The van der Waals surface area contributed by atoms with Crippen LogP contribution in [0.5, 0.6) is 0 Å². The number of thiazole rings is 1. The van der Waals surface area contributed by atoms with E-state index in [2.05, 4.69) is 15.2 Å². The van der Waals surface area contributed by atoms with E-state index >= 15 is 0 Å². The van der Waals surface area contributed by atoms with Gasteiger partial charge < -0.3 is 0 Å². The number of thioether (sulfide) groups is 1. The van der Waals surface area contributed by atoms with Gasteiger partial charge in [0.1, 0.15) is 0 Å². The van der Waals surface area contributed by atoms with Crippen LogP contribution in [0.4, 0.5) is 0 Å². The number of rotatable bonds is 3. The Morgan fingerprint density at radius 3 is 2.89 bits per heavy atom. The summed E-state index contributed by atoms with van der Waals surface area (Å²) in [6.07, 6.45) is 1.71. The molecule has 0 N–H and O–H groups in total. The molecular weight excluding hydrogens is 425 g/mol. The predicted molar refractivity (Wildman–Crippen MR) is 109 cm³/mol. The molecule has 10 heteroatoms. The van der Waals surface area contributed by atoms with Gasteiger partial charge >= 0.3 is 0 Å². The van der Waals surface area contributed by atoms with Crippen molar-refractivity contribution in [2.75, 3.05) is 0 Å². The Morgan fingerprint density at radius 1 is 1.15 bits per heavy atom. The van der Waals surface area contributed by atoms with Crippen LogP contribution in [-0.2, 0) is 5.75 Å². The van der Waals surface area contributed by atoms with Crippen LogP contribution in [0.3, 0.4) is 0 Å². The van der Waals surface area contributed by atoms with E-state index in [0.29, 0.717) is 37.3 Å². The predicted octanol–water partition coefficient (Wildman–Crippen LogP) is 4.55. The maximum absolute atomic E-state index is 12.6. The number of nitrogens with zero attached hydrogens (tertiary/aromatic N) is 5. The fourth-order valence-corrected chi connectivity index (χ4v) is 5.20. The summed E-state index contributed by atoms with van der Waals surface area (Å²) in [5.41, 5.74) is 2.00. The average molecular weight is 434 g/mol. The van der Waals surface area contributed by atoms with E-state index < -0.39 is 0 Å². The summed E-state index contributed by atoms with van der Waals surface area (Å²) in [6, 6.07) is 11.0. The number of hydrogen-bond donors (Lipinski definition) is 0. The van der Waals surface area contributed by atoms with E-state index in [1.165, 1.54) is 23.1 Å². The first kappa shape index (κ1) is 17.0. The minimum atomic E-state index is -0.0924. The highest BCUT2D eigenvalue weighted by atomic mass is 35.5. The molecule has 1 aromatic carbocycles. The number of hydrogen-bond acceptors (Lipinski definition) is 6. The summed E-state index contributed by atoms with van der Waals surface area (Å²) >= 11 is 15.1. The van der Waals surface area contributed by atoms with Crippen molar-refractivity contribution in [1.82, 2.24) is 24.0 Å². The van der Waals surface area contributed by atoms with E-state index in [-0.39, 0.29) is 5.56 Å². The number of aromatic nitrogens is 5. The third kappa shape index (κ3) is 2.89. The second-order valence-electron chi connectivity index (χ2n) is 5.74. The van der Waals surface area contributed by atoms with Crippen LogP contribution in [0.2, 0.25) is 10.0 Å². The number of para-hydroxylation sites is 1. The van der Waals surface area contributed by atoms with Crippen molar-refractivity contribution in [3.8, 4) is 0 Å². The van der Waals surface area contributed by atoms with Crippen molar-refractivity contribution in [1.29, 1.82) is 0 Å². The molecule has 0 unspecified atom stereocenters. The molecule has 0 saturated heterocycles. The van der Waals surface area contributed by atoms with E-state index in [1.54, 1.807) is 27.1 Å². The molecular formula is C17H9Cl2N5OS2. The molecule has 0 atom stereocenters. The fourth-order valence-electron chi connectivity index (χ4n) is 2.84. The van der Waals surface area contributed by atoms with E-state index in [1.807, 2.05) is 24.3 Å². The summed E-state index contributed by atoms with van der Waals surface area (Å²) in [5, 5.41) is 9.81. The van der Waals surface area contributed by atoms with Crippen LogP contribution in [-0.4, -0.2) is 24.0 Å². The molecule has 0 aliphatic carbocycles. The monoisotopic (exact) mass is 433 g/mol. The normalized spacial score (nSPS) is 11.8. The standard InChI is InChI=1S/C17H9Cl2N5OS2/c18-9-5-11(19)15-21-22-17(23(15)7-9)26-8-10-6-14(25)24-12-3-1-2-4-13(12)27-16(24)20-10/h1-7H,8H2. The zero-order valence-electron chi connectivity index (χ0n) is 13.5. The minimum Gasteiger partial charge on any atom is -0.275 e. The molecule has 0 bridgehead atoms. The van der Waals surface area contributed by atoms with Gasteiger partial charge in [0.2, 0.25) is 0 Å². The quantitative estimate of drug-likeness (QED) is 0.390. The smallest absolute Gasteiger partial charge is 0.259 e. The number of fused-ring (bicyclic) bond motifs is 4. The topological polar surface area (TPSA) is 64.6 Å². The zero-order valence-corrected chi connectivity index (χ0v) is 16.6. The first-order chi connectivity index (χ1) is 13.1. The lowest BCUT2D eigenvalue weighted by atomic mass is 10.3.